The summed E-state index contributed by atoms with van der Waals surface area (Å²) >= 11 is 0. The second kappa shape index (κ2) is 5.89. The van der Waals surface area contributed by atoms with Gasteiger partial charge in [0.25, 0.3) is 0 Å². The number of anilines is 1. The Bertz CT molecular complexity index is 324. The molecule has 0 radical (unpaired) electrons. The first-order chi connectivity index (χ1) is 7.28. The van der Waals surface area contributed by atoms with Gasteiger partial charge in [0.05, 0.1) is 0 Å². The van der Waals surface area contributed by atoms with Crippen LogP contribution in [0.5, 0.6) is 0 Å². The van der Waals surface area contributed by atoms with Gasteiger partial charge in [-0.1, -0.05) is 0 Å². The van der Waals surface area contributed by atoms with Crippen LogP contribution in [0.3, 0.4) is 0 Å². The molecule has 0 aliphatic heterocycles. The third-order valence-corrected chi connectivity index (χ3v) is 2.80. The van der Waals surface area contributed by atoms with E-state index >= 15 is 0 Å². The van der Waals surface area contributed by atoms with E-state index in [1.165, 1.54) is 22.4 Å². The molecule has 0 fully saturated rings. The number of nitrogens with zero attached hydrogens (tertiary/aromatic N) is 1. The minimum absolute atomic E-state index is 0.962. The molecule has 0 amide bonds. The molecule has 1 N–H and O–H groups in total. The standard InChI is InChI=1S/C12H21BN2/c1-5-9-10(6-2)12(14-8-4)13-15-11(9)7-3/h14H,5-8H2,1-4H3. The van der Waals surface area contributed by atoms with Gasteiger partial charge in [-0.25, -0.2) is 0 Å². The van der Waals surface area contributed by atoms with Crippen LogP contribution in [0.2, 0.25) is 0 Å². The van der Waals surface area contributed by atoms with Gasteiger partial charge >= 0.3 is 93.2 Å². The van der Waals surface area contributed by atoms with E-state index in [9.17, 15) is 0 Å². The molecule has 3 heteroatoms. The average Bonchev–Trinajstić information content (AvgIpc) is 2.28. The molecular weight excluding hydrogens is 183 g/mol. The van der Waals surface area contributed by atoms with Gasteiger partial charge in [0, 0.05) is 0 Å². The van der Waals surface area contributed by atoms with Crippen molar-refractivity contribution >= 4 is 12.6 Å². The first-order valence-corrected chi connectivity index (χ1v) is 6.01. The second-order valence-corrected chi connectivity index (χ2v) is 3.67. The van der Waals surface area contributed by atoms with E-state index in [0.717, 1.165) is 25.8 Å². The van der Waals surface area contributed by atoms with Crippen LogP contribution in [0.1, 0.15) is 44.5 Å². The van der Waals surface area contributed by atoms with Gasteiger partial charge in [0.2, 0.25) is 0 Å². The molecule has 0 atom stereocenters. The van der Waals surface area contributed by atoms with Gasteiger partial charge in [-0.15, -0.1) is 0 Å². The molecule has 0 aromatic carbocycles. The van der Waals surface area contributed by atoms with Crippen molar-refractivity contribution in [3.8, 4) is 0 Å². The van der Waals surface area contributed by atoms with Crippen LogP contribution in [0.4, 0.5) is 5.58 Å². The van der Waals surface area contributed by atoms with Crippen LogP contribution >= 0.6 is 0 Å². The Kier molecular flexibility index (Phi) is 4.80. The Hall–Kier alpha value is -0.855. The molecule has 0 aliphatic rings. The summed E-state index contributed by atoms with van der Waals surface area (Å²) in [6.07, 6.45) is 3.20. The summed E-state index contributed by atoms with van der Waals surface area (Å²) in [7, 11) is 1.99. The minimum atomic E-state index is 0.962. The summed E-state index contributed by atoms with van der Waals surface area (Å²) < 4.78 is 0. The van der Waals surface area contributed by atoms with E-state index in [2.05, 4.69) is 37.9 Å². The van der Waals surface area contributed by atoms with E-state index in [1.807, 2.05) is 7.05 Å². The van der Waals surface area contributed by atoms with Gasteiger partial charge in [-0.3, -0.25) is 0 Å². The summed E-state index contributed by atoms with van der Waals surface area (Å²) in [5.41, 5.74) is 5.37. The fourth-order valence-electron chi connectivity index (χ4n) is 2.10. The third kappa shape index (κ3) is 2.58. The van der Waals surface area contributed by atoms with Crippen molar-refractivity contribution in [2.24, 2.45) is 0 Å². The molecule has 82 valence electrons. The first-order valence-electron chi connectivity index (χ1n) is 6.01. The first kappa shape index (κ1) is 12.2. The maximum atomic E-state index is 4.53. The number of aromatic nitrogens is 1. The van der Waals surface area contributed by atoms with Gasteiger partial charge in [-0.05, 0) is 0 Å². The molecule has 1 aromatic rings. The third-order valence-electron chi connectivity index (χ3n) is 2.80. The van der Waals surface area contributed by atoms with E-state index in [4.69, 9.17) is 0 Å². The zero-order valence-corrected chi connectivity index (χ0v) is 10.4. The molecule has 1 rings (SSSR count). The van der Waals surface area contributed by atoms with Crippen molar-refractivity contribution in [1.29, 1.82) is 0 Å². The number of rotatable bonds is 5. The molecule has 0 bridgehead atoms. The maximum absolute atomic E-state index is 4.53. The molecule has 15 heavy (non-hydrogen) atoms. The van der Waals surface area contributed by atoms with Gasteiger partial charge in [-0.2, -0.15) is 0 Å². The van der Waals surface area contributed by atoms with Crippen molar-refractivity contribution in [3.05, 3.63) is 16.8 Å². The number of hydrogen-bond acceptors (Lipinski definition) is 2. The van der Waals surface area contributed by atoms with Crippen molar-refractivity contribution in [1.82, 2.24) is 4.89 Å². The van der Waals surface area contributed by atoms with Gasteiger partial charge in [0.15, 0.2) is 0 Å². The molecule has 2 nitrogen and oxygen atoms in total. The Morgan fingerprint density at radius 2 is 1.67 bits per heavy atom. The molecule has 0 saturated carbocycles. The zero-order chi connectivity index (χ0) is 11.3. The molecular formula is C12H21BN2. The number of nitrogens with one attached hydrogen (secondary N) is 1. The van der Waals surface area contributed by atoms with Crippen molar-refractivity contribution < 1.29 is 0 Å². The zero-order valence-electron chi connectivity index (χ0n) is 10.4. The summed E-state index contributed by atoms with van der Waals surface area (Å²) in [6, 6.07) is 0. The normalized spacial score (nSPS) is 10.1. The molecule has 0 spiro atoms. The molecule has 1 heterocycles. The van der Waals surface area contributed by atoms with Crippen LogP contribution in [-0.4, -0.2) is 18.5 Å². The fourth-order valence-corrected chi connectivity index (χ4v) is 2.10. The Labute approximate surface area is 93.7 Å². The van der Waals surface area contributed by atoms with Crippen LogP contribution in [-0.2, 0) is 19.3 Å². The van der Waals surface area contributed by atoms with Gasteiger partial charge < -0.3 is 0 Å². The van der Waals surface area contributed by atoms with E-state index in [-0.39, 0.29) is 0 Å². The number of hydrogen-bond donors (Lipinski definition) is 1. The van der Waals surface area contributed by atoms with Crippen molar-refractivity contribution in [3.63, 3.8) is 0 Å². The van der Waals surface area contributed by atoms with Crippen molar-refractivity contribution in [2.45, 2.75) is 47.0 Å². The van der Waals surface area contributed by atoms with E-state index in [1.54, 1.807) is 0 Å². The predicted molar refractivity (Wildman–Crippen MR) is 67.9 cm³/mol. The quantitative estimate of drug-likeness (QED) is 0.797. The Morgan fingerprint density at radius 1 is 1.00 bits per heavy atom. The predicted octanol–water partition coefficient (Wildman–Crippen LogP) is 2.54. The van der Waals surface area contributed by atoms with Crippen molar-refractivity contribution in [2.75, 3.05) is 11.9 Å². The van der Waals surface area contributed by atoms with Gasteiger partial charge in [0.1, 0.15) is 0 Å². The summed E-state index contributed by atoms with van der Waals surface area (Å²) in [5.74, 6) is 0. The van der Waals surface area contributed by atoms with Crippen LogP contribution < -0.4 is 5.32 Å². The Morgan fingerprint density at radius 3 is 2.13 bits per heavy atom. The molecule has 0 unspecified atom stereocenters. The summed E-state index contributed by atoms with van der Waals surface area (Å²) in [6.45, 7) is 9.69. The second-order valence-electron chi connectivity index (χ2n) is 3.67. The van der Waals surface area contributed by atoms with E-state index in [0.29, 0.717) is 0 Å². The number of aryl methyl sites for hydroxylation is 1. The summed E-state index contributed by atoms with van der Waals surface area (Å²) in [4.78, 5) is 4.53. The SMILES string of the molecule is CCNc1bnc(CC)c(CC)c1CC. The van der Waals surface area contributed by atoms with Crippen LogP contribution in [0.25, 0.3) is 0 Å². The Balaban J connectivity index is 3.21. The molecule has 0 saturated heterocycles. The topological polar surface area (TPSA) is 24.9 Å². The van der Waals surface area contributed by atoms with E-state index < -0.39 is 0 Å². The molecule has 1 aromatic heterocycles. The summed E-state index contributed by atoms with van der Waals surface area (Å²) in [5, 5.41) is 3.39. The fraction of sp³-hybridized carbons (Fsp3) is 0.667. The molecule has 0 aliphatic carbocycles. The monoisotopic (exact) mass is 204 g/mol. The van der Waals surface area contributed by atoms with Crippen LogP contribution in [0.15, 0.2) is 0 Å². The average molecular weight is 204 g/mol. The van der Waals surface area contributed by atoms with Crippen LogP contribution in [0, 0.1) is 0 Å².